The van der Waals surface area contributed by atoms with Crippen LogP contribution in [0.5, 0.6) is 5.75 Å². The number of carbonyl (C=O) groups is 2. The zero-order chi connectivity index (χ0) is 19.8. The van der Waals surface area contributed by atoms with Crippen LogP contribution in [0.1, 0.15) is 12.0 Å². The van der Waals surface area contributed by atoms with E-state index in [-0.39, 0.29) is 25.5 Å². The third-order valence-electron chi connectivity index (χ3n) is 4.48. The van der Waals surface area contributed by atoms with Crippen molar-refractivity contribution in [1.82, 2.24) is 14.9 Å². The highest BCUT2D eigenvalue weighted by Gasteiger charge is 2.23. The van der Waals surface area contributed by atoms with Gasteiger partial charge >= 0.3 is 5.97 Å². The van der Waals surface area contributed by atoms with E-state index in [9.17, 15) is 9.59 Å². The van der Waals surface area contributed by atoms with Gasteiger partial charge in [0.2, 0.25) is 5.95 Å². The van der Waals surface area contributed by atoms with Crippen LogP contribution in [0.3, 0.4) is 0 Å². The van der Waals surface area contributed by atoms with E-state index in [4.69, 9.17) is 9.47 Å². The summed E-state index contributed by atoms with van der Waals surface area (Å²) in [6.07, 6.45) is 3.49. The van der Waals surface area contributed by atoms with E-state index >= 15 is 0 Å². The number of benzene rings is 1. The molecular weight excluding hydrogens is 360 g/mol. The Morgan fingerprint density at radius 1 is 1.04 bits per heavy atom. The maximum Gasteiger partial charge on any atom is 0.309 e. The molecule has 8 nitrogen and oxygen atoms in total. The second-order valence-electron chi connectivity index (χ2n) is 6.44. The Hall–Kier alpha value is -3.16. The van der Waals surface area contributed by atoms with Crippen LogP contribution in [-0.2, 0) is 14.3 Å². The molecule has 0 aliphatic carbocycles. The van der Waals surface area contributed by atoms with Gasteiger partial charge in [-0.2, -0.15) is 0 Å². The Kier molecular flexibility index (Phi) is 6.78. The van der Waals surface area contributed by atoms with E-state index in [1.165, 1.54) is 0 Å². The van der Waals surface area contributed by atoms with Gasteiger partial charge in [-0.25, -0.2) is 9.97 Å². The van der Waals surface area contributed by atoms with Crippen LogP contribution >= 0.6 is 0 Å². The van der Waals surface area contributed by atoms with Gasteiger partial charge < -0.3 is 19.3 Å². The van der Waals surface area contributed by atoms with Gasteiger partial charge in [0.05, 0.1) is 13.0 Å². The van der Waals surface area contributed by atoms with Crippen molar-refractivity contribution in [2.45, 2.75) is 13.3 Å². The van der Waals surface area contributed by atoms with E-state index in [0.717, 1.165) is 11.3 Å². The number of aryl methyl sites for hydroxylation is 1. The van der Waals surface area contributed by atoms with Gasteiger partial charge in [-0.3, -0.25) is 9.59 Å². The first-order valence-corrected chi connectivity index (χ1v) is 9.27. The van der Waals surface area contributed by atoms with Crippen molar-refractivity contribution in [3.8, 4) is 5.75 Å². The molecule has 1 fully saturated rings. The number of carbonyl (C=O) groups excluding carboxylic acids is 2. The Labute approximate surface area is 164 Å². The quantitative estimate of drug-likeness (QED) is 0.668. The van der Waals surface area contributed by atoms with Crippen LogP contribution in [0.25, 0.3) is 0 Å². The molecule has 8 heteroatoms. The molecule has 1 aliphatic rings. The summed E-state index contributed by atoms with van der Waals surface area (Å²) in [4.78, 5) is 36.3. The number of amides is 1. The van der Waals surface area contributed by atoms with Crippen molar-refractivity contribution in [2.75, 3.05) is 44.3 Å². The van der Waals surface area contributed by atoms with Crippen LogP contribution in [0.2, 0.25) is 0 Å². The second kappa shape index (κ2) is 9.68. The minimum absolute atomic E-state index is 0.0980. The number of esters is 1. The molecule has 28 heavy (non-hydrogen) atoms. The number of hydrogen-bond donors (Lipinski definition) is 0. The van der Waals surface area contributed by atoms with Gasteiger partial charge in [0.1, 0.15) is 5.75 Å². The number of piperazine rings is 1. The van der Waals surface area contributed by atoms with E-state index < -0.39 is 5.97 Å². The summed E-state index contributed by atoms with van der Waals surface area (Å²) in [5, 5.41) is 0. The van der Waals surface area contributed by atoms with E-state index in [1.807, 2.05) is 36.1 Å². The molecule has 148 valence electrons. The van der Waals surface area contributed by atoms with Gasteiger partial charge in [0, 0.05) is 38.6 Å². The van der Waals surface area contributed by atoms with Crippen molar-refractivity contribution in [2.24, 2.45) is 0 Å². The highest BCUT2D eigenvalue weighted by Crippen LogP contribution is 2.16. The predicted octanol–water partition coefficient (Wildman–Crippen LogP) is 1.45. The molecule has 2 aromatic rings. The third kappa shape index (κ3) is 5.42. The summed E-state index contributed by atoms with van der Waals surface area (Å²) < 4.78 is 10.7. The maximum atomic E-state index is 12.3. The molecule has 0 saturated carbocycles. The average molecular weight is 384 g/mol. The second-order valence-corrected chi connectivity index (χ2v) is 6.44. The fourth-order valence-corrected chi connectivity index (χ4v) is 2.88. The number of nitrogens with zero attached hydrogens (tertiary/aromatic N) is 4. The molecule has 0 unspecified atom stereocenters. The lowest BCUT2D eigenvalue weighted by atomic mass is 10.2. The molecule has 1 aromatic carbocycles. The molecule has 0 bridgehead atoms. The van der Waals surface area contributed by atoms with Crippen LogP contribution in [0.15, 0.2) is 42.7 Å². The van der Waals surface area contributed by atoms with Crippen molar-refractivity contribution < 1.29 is 19.1 Å². The van der Waals surface area contributed by atoms with Crippen LogP contribution in [0.4, 0.5) is 5.95 Å². The number of para-hydroxylation sites is 1. The van der Waals surface area contributed by atoms with E-state index in [1.54, 1.807) is 23.4 Å². The smallest absolute Gasteiger partial charge is 0.309 e. The first-order valence-electron chi connectivity index (χ1n) is 9.27. The largest absolute Gasteiger partial charge is 0.493 e. The van der Waals surface area contributed by atoms with E-state index in [2.05, 4.69) is 9.97 Å². The molecule has 0 radical (unpaired) electrons. The Bertz CT molecular complexity index is 792. The molecule has 0 spiro atoms. The van der Waals surface area contributed by atoms with Gasteiger partial charge in [-0.1, -0.05) is 18.2 Å². The Morgan fingerprint density at radius 3 is 2.46 bits per heavy atom. The Balaban J connectivity index is 1.34. The maximum absolute atomic E-state index is 12.3. The normalized spacial score (nSPS) is 13.9. The van der Waals surface area contributed by atoms with Gasteiger partial charge in [0.25, 0.3) is 5.91 Å². The molecular formula is C20H24N4O4. The molecule has 1 amide bonds. The number of aromatic nitrogens is 2. The lowest BCUT2D eigenvalue weighted by molar-refractivity contribution is -0.152. The third-order valence-corrected chi connectivity index (χ3v) is 4.48. The topological polar surface area (TPSA) is 84.9 Å². The summed E-state index contributed by atoms with van der Waals surface area (Å²) in [6.45, 7) is 4.30. The summed E-state index contributed by atoms with van der Waals surface area (Å²) in [5.41, 5.74) is 1.01. The highest BCUT2D eigenvalue weighted by atomic mass is 16.5. The van der Waals surface area contributed by atoms with Crippen LogP contribution in [0, 0.1) is 6.92 Å². The first-order chi connectivity index (χ1) is 13.6. The molecule has 1 aliphatic heterocycles. The molecule has 3 rings (SSSR count). The van der Waals surface area contributed by atoms with Crippen molar-refractivity contribution in [3.63, 3.8) is 0 Å². The van der Waals surface area contributed by atoms with Crippen LogP contribution in [-0.4, -0.2) is 66.1 Å². The summed E-state index contributed by atoms with van der Waals surface area (Å²) >= 11 is 0. The lowest BCUT2D eigenvalue weighted by Crippen LogP contribution is -2.50. The monoisotopic (exact) mass is 384 g/mol. The van der Waals surface area contributed by atoms with E-state index in [0.29, 0.717) is 32.1 Å². The Morgan fingerprint density at radius 2 is 1.75 bits per heavy atom. The van der Waals surface area contributed by atoms with Crippen molar-refractivity contribution in [3.05, 3.63) is 48.3 Å². The minimum Gasteiger partial charge on any atom is -0.493 e. The fourth-order valence-electron chi connectivity index (χ4n) is 2.88. The summed E-state index contributed by atoms with van der Waals surface area (Å²) in [6, 6.07) is 9.36. The highest BCUT2D eigenvalue weighted by molar-refractivity contribution is 5.80. The fraction of sp³-hybridized carbons (Fsp3) is 0.400. The SMILES string of the molecule is Cc1ccccc1OCCC(=O)OCC(=O)N1CCN(c2ncccn2)CC1. The zero-order valence-corrected chi connectivity index (χ0v) is 15.9. The zero-order valence-electron chi connectivity index (χ0n) is 15.9. The van der Waals surface area contributed by atoms with Gasteiger partial charge in [0.15, 0.2) is 6.61 Å². The molecule has 2 heterocycles. The predicted molar refractivity (Wildman–Crippen MR) is 103 cm³/mol. The average Bonchev–Trinajstić information content (AvgIpc) is 2.74. The van der Waals surface area contributed by atoms with Crippen molar-refractivity contribution in [1.29, 1.82) is 0 Å². The number of hydrogen-bond acceptors (Lipinski definition) is 7. The standard InChI is InChI=1S/C20H24N4O4/c1-16-5-2-3-6-17(16)27-14-7-19(26)28-15-18(25)23-10-12-24(13-11-23)20-21-8-4-9-22-20/h2-6,8-9H,7,10-15H2,1H3. The molecule has 0 atom stereocenters. The summed E-state index contributed by atoms with van der Waals surface area (Å²) in [7, 11) is 0. The molecule has 1 aromatic heterocycles. The molecule has 1 saturated heterocycles. The van der Waals surface area contributed by atoms with Gasteiger partial charge in [-0.05, 0) is 24.6 Å². The number of ether oxygens (including phenoxy) is 2. The number of anilines is 1. The molecule has 0 N–H and O–H groups in total. The number of rotatable bonds is 7. The van der Waals surface area contributed by atoms with Crippen LogP contribution < -0.4 is 9.64 Å². The van der Waals surface area contributed by atoms with Crippen molar-refractivity contribution >= 4 is 17.8 Å². The first kappa shape index (κ1) is 19.6. The van der Waals surface area contributed by atoms with Gasteiger partial charge in [-0.15, -0.1) is 0 Å². The lowest BCUT2D eigenvalue weighted by Gasteiger charge is -2.34. The minimum atomic E-state index is -0.446. The summed E-state index contributed by atoms with van der Waals surface area (Å²) in [5.74, 6) is 0.765.